The lowest BCUT2D eigenvalue weighted by Gasteiger charge is -2.04. The molecule has 0 aromatic rings. The Morgan fingerprint density at radius 2 is 0.689 bits per heavy atom. The van der Waals surface area contributed by atoms with Crippen LogP contribution in [0, 0.1) is 0 Å². The number of carbonyl (C=O) groups excluding carboxylic acids is 6. The van der Waals surface area contributed by atoms with E-state index >= 15 is 0 Å². The highest BCUT2D eigenvalue weighted by molar-refractivity contribution is 5.88. The molecule has 15 nitrogen and oxygen atoms in total. The van der Waals surface area contributed by atoms with Crippen LogP contribution in [0.5, 0.6) is 0 Å². The van der Waals surface area contributed by atoms with E-state index in [2.05, 4.69) is 78.3 Å². The van der Waals surface area contributed by atoms with E-state index in [1.807, 2.05) is 0 Å². The van der Waals surface area contributed by atoms with Gasteiger partial charge in [-0.25, -0.2) is 28.8 Å². The predicted octanol–water partition coefficient (Wildman–Crippen LogP) is 3.82. The van der Waals surface area contributed by atoms with Gasteiger partial charge in [-0.1, -0.05) is 39.5 Å². The van der Waals surface area contributed by atoms with E-state index in [4.69, 9.17) is 4.74 Å². The minimum Gasteiger partial charge on any atom is -0.462 e. The van der Waals surface area contributed by atoms with Crippen LogP contribution >= 0.6 is 0 Å². The Hall–Kier alpha value is -4.86. The first kappa shape index (κ1) is 44.6. The smallest absolute Gasteiger partial charge is 0.368 e. The average Bonchev–Trinajstić information content (AvgIpc) is 2.96. The molecule has 0 aliphatic rings. The highest BCUT2D eigenvalue weighted by Gasteiger charge is 2.08. The summed E-state index contributed by atoms with van der Waals surface area (Å²) < 4.78 is 13.9. The van der Waals surface area contributed by atoms with Crippen LogP contribution in [-0.2, 0) is 72.3 Å². The van der Waals surface area contributed by atoms with Crippen LogP contribution in [-0.4, -0.2) is 69.0 Å². The van der Waals surface area contributed by atoms with Crippen molar-refractivity contribution in [2.75, 3.05) is 33.2 Å². The number of esters is 3. The van der Waals surface area contributed by atoms with Gasteiger partial charge in [-0.2, -0.15) is 9.78 Å². The minimum atomic E-state index is -0.712. The number of hydrogen-bond donors (Lipinski definition) is 0. The van der Waals surface area contributed by atoms with E-state index < -0.39 is 42.6 Å². The average molecular weight is 643 g/mol. The molecule has 45 heavy (non-hydrogen) atoms. The standard InChI is InChI=1S/C11H16O5.C10H14O5.C9H12O5/c1-8(2)10(12)14-6-5-7-15-16-11(13)9(3)4;1-7(2)9(11)13-5-6-14-15-10(12)8(3)4;1-6(2)8(10)12-5-13-14-9(11)7(3)4/h1,3,5-7H2,2,4H3;1,3,5-6H2,2,4H3;1,3,5H2,2,4H3. The van der Waals surface area contributed by atoms with Crippen LogP contribution in [0.15, 0.2) is 72.9 Å². The summed E-state index contributed by atoms with van der Waals surface area (Å²) in [5, 5.41) is 0. The van der Waals surface area contributed by atoms with Gasteiger partial charge < -0.3 is 14.2 Å². The molecule has 0 bridgehead atoms. The summed E-state index contributed by atoms with van der Waals surface area (Å²) in [6.45, 7) is 29.1. The summed E-state index contributed by atoms with van der Waals surface area (Å²) >= 11 is 0. The van der Waals surface area contributed by atoms with Gasteiger partial charge in [0.25, 0.3) is 0 Å². The maximum Gasteiger partial charge on any atom is 0.368 e. The quantitative estimate of drug-likeness (QED) is 0.0399. The van der Waals surface area contributed by atoms with Gasteiger partial charge in [0.05, 0.1) is 13.2 Å². The summed E-state index contributed by atoms with van der Waals surface area (Å²) in [5.41, 5.74) is 1.56. The van der Waals surface area contributed by atoms with Crippen molar-refractivity contribution < 1.29 is 72.3 Å². The lowest BCUT2D eigenvalue weighted by atomic mass is 10.4. The first-order valence-electron chi connectivity index (χ1n) is 12.8. The monoisotopic (exact) mass is 642 g/mol. The molecule has 0 N–H and O–H groups in total. The van der Waals surface area contributed by atoms with Gasteiger partial charge >= 0.3 is 35.8 Å². The van der Waals surface area contributed by atoms with Gasteiger partial charge in [0.1, 0.15) is 13.2 Å². The topological polar surface area (TPSA) is 185 Å². The highest BCUT2D eigenvalue weighted by Crippen LogP contribution is 1.98. The normalized spacial score (nSPS) is 9.20. The Kier molecular flexibility index (Phi) is 26.5. The summed E-state index contributed by atoms with van der Waals surface area (Å²) in [6, 6.07) is 0. The molecule has 0 amide bonds. The molecule has 252 valence electrons. The maximum absolute atomic E-state index is 10.9. The van der Waals surface area contributed by atoms with Crippen molar-refractivity contribution in [1.82, 2.24) is 0 Å². The fourth-order valence-electron chi connectivity index (χ4n) is 1.38. The molecule has 0 unspecified atom stereocenters. The zero-order chi connectivity index (χ0) is 35.5. The molecule has 0 saturated heterocycles. The van der Waals surface area contributed by atoms with Gasteiger partial charge in [-0.05, 0) is 41.5 Å². The van der Waals surface area contributed by atoms with Crippen molar-refractivity contribution in [3.05, 3.63) is 72.9 Å². The molecule has 0 aliphatic carbocycles. The van der Waals surface area contributed by atoms with E-state index in [0.717, 1.165) is 0 Å². The Morgan fingerprint density at radius 3 is 1.07 bits per heavy atom. The molecule has 0 rings (SSSR count). The van der Waals surface area contributed by atoms with Crippen LogP contribution in [0.2, 0.25) is 0 Å². The lowest BCUT2D eigenvalue weighted by molar-refractivity contribution is -0.301. The molecule has 0 fully saturated rings. The van der Waals surface area contributed by atoms with Crippen molar-refractivity contribution in [3.8, 4) is 0 Å². The molecule has 15 heteroatoms. The molecule has 0 spiro atoms. The first-order valence-corrected chi connectivity index (χ1v) is 12.8. The Labute approximate surface area is 262 Å². The van der Waals surface area contributed by atoms with Crippen LogP contribution in [0.25, 0.3) is 0 Å². The van der Waals surface area contributed by atoms with Crippen LogP contribution in [0.1, 0.15) is 48.0 Å². The second kappa shape index (κ2) is 26.7. The summed E-state index contributed by atoms with van der Waals surface area (Å²) in [6.07, 6.45) is 0.433. The Bertz CT molecular complexity index is 1030. The van der Waals surface area contributed by atoms with E-state index in [0.29, 0.717) is 17.6 Å². The number of ether oxygens (including phenoxy) is 3. The Morgan fingerprint density at radius 1 is 0.378 bits per heavy atom. The molecular formula is C30H42O15. The number of carbonyl (C=O) groups is 6. The molecule has 0 aliphatic heterocycles. The van der Waals surface area contributed by atoms with E-state index in [1.165, 1.54) is 34.6 Å². The number of rotatable bonds is 18. The lowest BCUT2D eigenvalue weighted by Crippen LogP contribution is -2.13. The Balaban J connectivity index is -0.000000589. The van der Waals surface area contributed by atoms with Crippen molar-refractivity contribution in [2.45, 2.75) is 48.0 Å². The molecule has 0 radical (unpaired) electrons. The van der Waals surface area contributed by atoms with E-state index in [-0.39, 0.29) is 48.7 Å². The summed E-state index contributed by atoms with van der Waals surface area (Å²) in [4.78, 5) is 91.0. The molecule has 0 aromatic carbocycles. The third-order valence-corrected chi connectivity index (χ3v) is 3.74. The van der Waals surface area contributed by atoms with E-state index in [1.54, 1.807) is 6.92 Å². The highest BCUT2D eigenvalue weighted by atomic mass is 17.2. The van der Waals surface area contributed by atoms with Gasteiger partial charge in [0.2, 0.25) is 6.79 Å². The second-order valence-corrected chi connectivity index (χ2v) is 8.73. The van der Waals surface area contributed by atoms with Crippen LogP contribution in [0.4, 0.5) is 0 Å². The van der Waals surface area contributed by atoms with Crippen molar-refractivity contribution >= 4 is 35.8 Å². The van der Waals surface area contributed by atoms with E-state index in [9.17, 15) is 28.8 Å². The van der Waals surface area contributed by atoms with Crippen molar-refractivity contribution in [1.29, 1.82) is 0 Å². The van der Waals surface area contributed by atoms with Crippen molar-refractivity contribution in [3.63, 3.8) is 0 Å². The predicted molar refractivity (Wildman–Crippen MR) is 158 cm³/mol. The molecule has 0 aromatic heterocycles. The van der Waals surface area contributed by atoms with Crippen LogP contribution in [0.3, 0.4) is 0 Å². The van der Waals surface area contributed by atoms with Gasteiger partial charge in [0, 0.05) is 39.9 Å². The van der Waals surface area contributed by atoms with Crippen molar-refractivity contribution in [2.24, 2.45) is 0 Å². The zero-order valence-corrected chi connectivity index (χ0v) is 26.6. The van der Waals surface area contributed by atoms with Gasteiger partial charge in [-0.3, -0.25) is 14.7 Å². The fraction of sp³-hybridized carbons (Fsp3) is 0.400. The number of hydrogen-bond acceptors (Lipinski definition) is 15. The SMILES string of the molecule is C=C(C)C(=O)OCCCOOC(=O)C(=C)C.C=C(C)C(=O)OCCOOC(=O)C(=C)C.C=C(C)C(=O)OCOOC(=O)C(=C)C. The molecule has 0 atom stereocenters. The molecule has 0 saturated carbocycles. The summed E-state index contributed by atoms with van der Waals surface area (Å²) in [7, 11) is 0. The largest absolute Gasteiger partial charge is 0.462 e. The van der Waals surface area contributed by atoms with Gasteiger partial charge in [0.15, 0.2) is 0 Å². The molecule has 0 heterocycles. The third kappa shape index (κ3) is 29.0. The fourth-order valence-corrected chi connectivity index (χ4v) is 1.38. The summed E-state index contributed by atoms with van der Waals surface area (Å²) in [5.74, 6) is -3.54. The van der Waals surface area contributed by atoms with Crippen LogP contribution < -0.4 is 0 Å². The second-order valence-electron chi connectivity index (χ2n) is 8.73. The third-order valence-electron chi connectivity index (χ3n) is 3.74. The first-order chi connectivity index (χ1) is 20.8. The minimum absolute atomic E-state index is 0.00480. The van der Waals surface area contributed by atoms with Gasteiger partial charge in [-0.15, -0.1) is 4.89 Å². The molecular weight excluding hydrogens is 600 g/mol. The maximum atomic E-state index is 10.9. The zero-order valence-electron chi connectivity index (χ0n) is 26.6.